The molecule has 1 saturated carbocycles. The van der Waals surface area contributed by atoms with Crippen molar-refractivity contribution in [1.29, 1.82) is 0 Å². The molecule has 11 heavy (non-hydrogen) atoms. The van der Waals surface area contributed by atoms with Gasteiger partial charge in [-0.2, -0.15) is 0 Å². The van der Waals surface area contributed by atoms with Gasteiger partial charge in [-0.05, 0) is 24.5 Å². The Labute approximate surface area is 67.0 Å². The Morgan fingerprint density at radius 3 is 2.45 bits per heavy atom. The molecule has 0 atom stereocenters. The van der Waals surface area contributed by atoms with E-state index in [1.807, 2.05) is 12.1 Å². The molecule has 1 aliphatic carbocycles. The summed E-state index contributed by atoms with van der Waals surface area (Å²) in [7, 11) is 1.78. The Kier molecular flexibility index (Phi) is 1.46. The zero-order valence-corrected chi connectivity index (χ0v) is 6.63. The topological polar surface area (TPSA) is 9.23 Å². The minimum absolute atomic E-state index is 0.0646. The number of ether oxygens (including phenoxy) is 1. The van der Waals surface area contributed by atoms with Crippen molar-refractivity contribution >= 4 is 0 Å². The summed E-state index contributed by atoms with van der Waals surface area (Å²) in [6.07, 6.45) is 2.32. The monoisotopic (exact) mass is 147 g/mol. The van der Waals surface area contributed by atoms with Crippen molar-refractivity contribution in [3.8, 4) is 0 Å². The lowest BCUT2D eigenvalue weighted by Crippen LogP contribution is -2.07. The van der Waals surface area contributed by atoms with Crippen LogP contribution in [0.3, 0.4) is 0 Å². The van der Waals surface area contributed by atoms with E-state index in [1.54, 1.807) is 7.11 Å². The van der Waals surface area contributed by atoms with Crippen LogP contribution in [-0.2, 0) is 10.3 Å². The van der Waals surface area contributed by atoms with Crippen LogP contribution in [0, 0.1) is 6.07 Å². The third-order valence-electron chi connectivity index (χ3n) is 2.34. The van der Waals surface area contributed by atoms with E-state index in [0.29, 0.717) is 0 Å². The van der Waals surface area contributed by atoms with Gasteiger partial charge in [0.05, 0.1) is 5.60 Å². The van der Waals surface area contributed by atoms with E-state index >= 15 is 0 Å². The standard InChI is InChI=1S/C10H11O/c1-11-10(7-8-10)9-5-3-2-4-6-9/h3-6H,7-8H2,1H3. The molecule has 1 heteroatoms. The third-order valence-corrected chi connectivity index (χ3v) is 2.34. The van der Waals surface area contributed by atoms with Crippen LogP contribution < -0.4 is 0 Å². The largest absolute Gasteiger partial charge is 0.374 e. The molecule has 0 aliphatic heterocycles. The second-order valence-electron chi connectivity index (χ2n) is 2.99. The molecule has 57 valence electrons. The maximum absolute atomic E-state index is 5.42. The summed E-state index contributed by atoms with van der Waals surface area (Å²) in [6.45, 7) is 0. The zero-order valence-electron chi connectivity index (χ0n) is 6.63. The highest BCUT2D eigenvalue weighted by Gasteiger charge is 2.44. The van der Waals surface area contributed by atoms with Gasteiger partial charge in [-0.3, -0.25) is 0 Å². The molecule has 1 aliphatic rings. The molecule has 0 saturated heterocycles. The van der Waals surface area contributed by atoms with Gasteiger partial charge in [0.15, 0.2) is 0 Å². The lowest BCUT2D eigenvalue weighted by molar-refractivity contribution is 0.0789. The molecule has 0 spiro atoms. The zero-order chi connectivity index (χ0) is 7.73. The average Bonchev–Trinajstić information content (AvgIpc) is 2.86. The van der Waals surface area contributed by atoms with Gasteiger partial charge >= 0.3 is 0 Å². The lowest BCUT2D eigenvalue weighted by Gasteiger charge is -2.12. The van der Waals surface area contributed by atoms with Crippen molar-refractivity contribution in [2.75, 3.05) is 7.11 Å². The molecule has 1 aromatic carbocycles. The summed E-state index contributed by atoms with van der Waals surface area (Å²) in [4.78, 5) is 0. The van der Waals surface area contributed by atoms with Crippen LogP contribution in [0.5, 0.6) is 0 Å². The highest BCUT2D eigenvalue weighted by atomic mass is 16.5. The molecule has 2 rings (SSSR count). The van der Waals surface area contributed by atoms with Gasteiger partial charge in [0.25, 0.3) is 0 Å². The van der Waals surface area contributed by atoms with E-state index in [4.69, 9.17) is 4.74 Å². The van der Waals surface area contributed by atoms with Gasteiger partial charge in [0.1, 0.15) is 0 Å². The van der Waals surface area contributed by atoms with Crippen molar-refractivity contribution in [2.45, 2.75) is 18.4 Å². The van der Waals surface area contributed by atoms with E-state index in [0.717, 1.165) is 12.8 Å². The molecule has 0 heterocycles. The number of methoxy groups -OCH3 is 1. The summed E-state index contributed by atoms with van der Waals surface area (Å²) in [5.74, 6) is 0. The molecular formula is C10H11O. The smallest absolute Gasteiger partial charge is 0.0929 e. The van der Waals surface area contributed by atoms with Crippen molar-refractivity contribution in [3.63, 3.8) is 0 Å². The minimum Gasteiger partial charge on any atom is -0.374 e. The summed E-state index contributed by atoms with van der Waals surface area (Å²) in [6, 6.07) is 11.0. The molecule has 1 aromatic rings. The van der Waals surface area contributed by atoms with Gasteiger partial charge < -0.3 is 4.74 Å². The number of hydrogen-bond acceptors (Lipinski definition) is 1. The Morgan fingerprint density at radius 1 is 1.36 bits per heavy atom. The maximum atomic E-state index is 5.42. The fourth-order valence-corrected chi connectivity index (χ4v) is 1.41. The summed E-state index contributed by atoms with van der Waals surface area (Å²) < 4.78 is 5.42. The highest BCUT2D eigenvalue weighted by Crippen LogP contribution is 2.48. The first-order chi connectivity index (χ1) is 5.37. The van der Waals surface area contributed by atoms with Crippen molar-refractivity contribution in [2.24, 2.45) is 0 Å². The molecule has 1 radical (unpaired) electrons. The molecule has 0 bridgehead atoms. The molecule has 1 fully saturated rings. The predicted octanol–water partition coefficient (Wildman–Crippen LogP) is 2.12. The third kappa shape index (κ3) is 1.05. The van der Waals surface area contributed by atoms with Gasteiger partial charge in [-0.1, -0.05) is 24.3 Å². The molecule has 0 unspecified atom stereocenters. The fraction of sp³-hybridized carbons (Fsp3) is 0.400. The number of rotatable bonds is 2. The van der Waals surface area contributed by atoms with Crippen molar-refractivity contribution in [1.82, 2.24) is 0 Å². The fourth-order valence-electron chi connectivity index (χ4n) is 1.41. The van der Waals surface area contributed by atoms with Crippen molar-refractivity contribution in [3.05, 3.63) is 35.9 Å². The van der Waals surface area contributed by atoms with E-state index in [1.165, 1.54) is 5.56 Å². The Morgan fingerprint density at radius 2 is 2.00 bits per heavy atom. The summed E-state index contributed by atoms with van der Waals surface area (Å²) >= 11 is 0. The first-order valence-corrected chi connectivity index (χ1v) is 3.89. The van der Waals surface area contributed by atoms with Crippen LogP contribution in [-0.4, -0.2) is 7.11 Å². The van der Waals surface area contributed by atoms with E-state index in [2.05, 4.69) is 18.2 Å². The van der Waals surface area contributed by atoms with Crippen molar-refractivity contribution < 1.29 is 4.74 Å². The van der Waals surface area contributed by atoms with Gasteiger partial charge in [-0.25, -0.2) is 0 Å². The first kappa shape index (κ1) is 6.86. The van der Waals surface area contributed by atoms with Gasteiger partial charge in [-0.15, -0.1) is 0 Å². The van der Waals surface area contributed by atoms with Crippen LogP contribution in [0.25, 0.3) is 0 Å². The minimum atomic E-state index is 0.0646. The number of benzene rings is 1. The van der Waals surface area contributed by atoms with E-state index < -0.39 is 0 Å². The average molecular weight is 147 g/mol. The second-order valence-corrected chi connectivity index (χ2v) is 2.99. The molecule has 0 N–H and O–H groups in total. The second kappa shape index (κ2) is 2.35. The van der Waals surface area contributed by atoms with Gasteiger partial charge in [0.2, 0.25) is 0 Å². The molecule has 1 nitrogen and oxygen atoms in total. The Hall–Kier alpha value is -0.820. The summed E-state index contributed by atoms with van der Waals surface area (Å²) in [5, 5.41) is 0. The normalized spacial score (nSPS) is 19.7. The molecule has 0 amide bonds. The van der Waals surface area contributed by atoms with Crippen LogP contribution in [0.1, 0.15) is 18.4 Å². The van der Waals surface area contributed by atoms with E-state index in [9.17, 15) is 0 Å². The van der Waals surface area contributed by atoms with Crippen LogP contribution in [0.4, 0.5) is 0 Å². The lowest BCUT2D eigenvalue weighted by atomic mass is 10.1. The van der Waals surface area contributed by atoms with Crippen LogP contribution in [0.15, 0.2) is 24.3 Å². The SMILES string of the molecule is COC1(c2cc[c]cc2)CC1. The first-order valence-electron chi connectivity index (χ1n) is 3.89. The molecular weight excluding hydrogens is 136 g/mol. The van der Waals surface area contributed by atoms with E-state index in [-0.39, 0.29) is 5.60 Å². The van der Waals surface area contributed by atoms with Crippen LogP contribution >= 0.6 is 0 Å². The highest BCUT2D eigenvalue weighted by molar-refractivity contribution is 5.26. The predicted molar refractivity (Wildman–Crippen MR) is 43.2 cm³/mol. The maximum Gasteiger partial charge on any atom is 0.0929 e. The quantitative estimate of drug-likeness (QED) is 0.622. The Bertz CT molecular complexity index is 236. The summed E-state index contributed by atoms with van der Waals surface area (Å²) in [5.41, 5.74) is 1.36. The van der Waals surface area contributed by atoms with Crippen LogP contribution in [0.2, 0.25) is 0 Å². The molecule has 0 aromatic heterocycles. The number of hydrogen-bond donors (Lipinski definition) is 0. The Balaban J connectivity index is 2.30. The van der Waals surface area contributed by atoms with Gasteiger partial charge in [0, 0.05) is 7.11 Å².